The minimum atomic E-state index is -3.99. The van der Waals surface area contributed by atoms with Crippen molar-refractivity contribution in [2.75, 3.05) is 13.1 Å². The molecule has 6 rings (SSSR count). The number of hydrogen-bond donors (Lipinski definition) is 1. The predicted molar refractivity (Wildman–Crippen MR) is 142 cm³/mol. The van der Waals surface area contributed by atoms with Crippen LogP contribution in [0, 0.1) is 0 Å². The molecule has 0 saturated carbocycles. The van der Waals surface area contributed by atoms with Crippen molar-refractivity contribution < 1.29 is 22.7 Å². The van der Waals surface area contributed by atoms with Gasteiger partial charge in [-0.1, -0.05) is 72.8 Å². The average Bonchev–Trinajstić information content (AvgIpc) is 2.91. The Bertz CT molecular complexity index is 1480. The van der Waals surface area contributed by atoms with Gasteiger partial charge in [-0.05, 0) is 24.3 Å². The van der Waals surface area contributed by atoms with E-state index in [1.54, 1.807) is 36.4 Å². The van der Waals surface area contributed by atoms with E-state index in [1.165, 1.54) is 4.44 Å². The maximum atomic E-state index is 15.1. The van der Waals surface area contributed by atoms with E-state index in [9.17, 15) is 4.57 Å². The molecule has 4 aromatic rings. The molecule has 0 amide bonds. The number of benzene rings is 4. The van der Waals surface area contributed by atoms with E-state index < -0.39 is 15.0 Å². The lowest BCUT2D eigenvalue weighted by atomic mass is 10.0. The zero-order valence-corrected chi connectivity index (χ0v) is 21.7. The molecule has 0 bridgehead atoms. The van der Waals surface area contributed by atoms with Gasteiger partial charge >= 0.3 is 15.0 Å². The van der Waals surface area contributed by atoms with Gasteiger partial charge in [-0.25, -0.2) is 5.09 Å². The van der Waals surface area contributed by atoms with Crippen molar-refractivity contribution in [3.8, 4) is 33.8 Å². The Morgan fingerprint density at radius 3 is 1.53 bits per heavy atom. The fourth-order valence-electron chi connectivity index (χ4n) is 4.76. The summed E-state index contributed by atoms with van der Waals surface area (Å²) in [5.41, 5.74) is 3.12. The van der Waals surface area contributed by atoms with Crippen LogP contribution in [0.2, 0.25) is 0 Å². The second kappa shape index (κ2) is 9.12. The lowest BCUT2D eigenvalue weighted by Crippen LogP contribution is -2.38. The summed E-state index contributed by atoms with van der Waals surface area (Å²) >= 11 is 0. The first-order chi connectivity index (χ1) is 17.6. The number of para-hydroxylation sites is 2. The summed E-state index contributed by atoms with van der Waals surface area (Å²) in [4.78, 5) is 0. The van der Waals surface area contributed by atoms with Crippen LogP contribution in [0.4, 0.5) is 0 Å². The van der Waals surface area contributed by atoms with Gasteiger partial charge in [-0.15, -0.1) is 4.44 Å². The van der Waals surface area contributed by atoms with Crippen molar-refractivity contribution in [3.63, 3.8) is 0 Å². The summed E-state index contributed by atoms with van der Waals surface area (Å²) < 4.78 is 55.3. The SMILES string of the molecule is O=PNCCN(P1(=O)Oc2ccccc2-c2ccccc21)P1(=O)Oc2ccccc2-c2ccccc21. The summed E-state index contributed by atoms with van der Waals surface area (Å²) in [7, 11) is -8.26. The van der Waals surface area contributed by atoms with Crippen LogP contribution in [0.3, 0.4) is 0 Å². The minimum absolute atomic E-state index is 0.00318. The van der Waals surface area contributed by atoms with Crippen LogP contribution in [0.1, 0.15) is 0 Å². The molecule has 180 valence electrons. The van der Waals surface area contributed by atoms with Gasteiger partial charge in [0.2, 0.25) is 8.61 Å². The Hall–Kier alpha value is -3.04. The largest absolute Gasteiger partial charge is 0.429 e. The Kier molecular flexibility index (Phi) is 5.92. The molecule has 2 aliphatic heterocycles. The normalized spacial score (nSPS) is 21.5. The lowest BCUT2D eigenvalue weighted by molar-refractivity contribution is 0.396. The van der Waals surface area contributed by atoms with Gasteiger partial charge in [0.15, 0.2) is 0 Å². The van der Waals surface area contributed by atoms with Gasteiger partial charge in [0.1, 0.15) is 11.5 Å². The van der Waals surface area contributed by atoms with Crippen LogP contribution in [0.5, 0.6) is 11.5 Å². The van der Waals surface area contributed by atoms with Gasteiger partial charge in [0.25, 0.3) is 0 Å². The molecular weight excluding hydrogens is 513 g/mol. The molecule has 2 atom stereocenters. The fourth-order valence-corrected chi connectivity index (χ4v) is 11.0. The smallest absolute Gasteiger partial charge is 0.358 e. The second-order valence-electron chi connectivity index (χ2n) is 8.35. The van der Waals surface area contributed by atoms with Crippen LogP contribution >= 0.6 is 23.6 Å². The summed E-state index contributed by atoms with van der Waals surface area (Å²) in [5.74, 6) is 0.883. The van der Waals surface area contributed by atoms with Crippen LogP contribution in [-0.4, -0.2) is 17.5 Å². The van der Waals surface area contributed by atoms with Gasteiger partial charge < -0.3 is 9.05 Å². The zero-order chi connectivity index (χ0) is 24.8. The van der Waals surface area contributed by atoms with Gasteiger partial charge in [0, 0.05) is 35.3 Å². The van der Waals surface area contributed by atoms with Crippen LogP contribution < -0.4 is 24.7 Å². The third-order valence-corrected chi connectivity index (χ3v) is 12.6. The minimum Gasteiger partial charge on any atom is -0.429 e. The van der Waals surface area contributed by atoms with E-state index >= 15 is 9.13 Å². The zero-order valence-electron chi connectivity index (χ0n) is 19.0. The highest BCUT2D eigenvalue weighted by Gasteiger charge is 2.53. The van der Waals surface area contributed by atoms with E-state index in [2.05, 4.69) is 5.09 Å². The summed E-state index contributed by atoms with van der Waals surface area (Å²) in [5, 5.41) is 3.59. The number of hydrogen-bond acceptors (Lipinski definition) is 5. The highest BCUT2D eigenvalue weighted by Crippen LogP contribution is 2.70. The Morgan fingerprint density at radius 2 is 1.06 bits per heavy atom. The highest BCUT2D eigenvalue weighted by atomic mass is 31.2. The van der Waals surface area contributed by atoms with Gasteiger partial charge in [-0.3, -0.25) is 13.7 Å². The van der Waals surface area contributed by atoms with E-state index in [0.717, 1.165) is 22.3 Å². The molecule has 2 heterocycles. The summed E-state index contributed by atoms with van der Waals surface area (Å²) in [6.07, 6.45) is 0. The molecule has 0 fully saturated rings. The first-order valence-corrected chi connectivity index (χ1v) is 15.3. The maximum absolute atomic E-state index is 15.1. The van der Waals surface area contributed by atoms with Crippen molar-refractivity contribution in [2.24, 2.45) is 0 Å². The molecule has 0 aromatic heterocycles. The molecule has 36 heavy (non-hydrogen) atoms. The molecule has 2 unspecified atom stereocenters. The number of nitrogens with zero attached hydrogens (tertiary/aromatic N) is 1. The molecular formula is C26H21N2O5P3. The van der Waals surface area contributed by atoms with E-state index in [-0.39, 0.29) is 21.7 Å². The number of nitrogens with one attached hydrogen (secondary N) is 1. The molecule has 4 aromatic carbocycles. The first-order valence-electron chi connectivity index (χ1n) is 11.4. The van der Waals surface area contributed by atoms with Crippen molar-refractivity contribution >= 4 is 34.3 Å². The van der Waals surface area contributed by atoms with E-state index in [0.29, 0.717) is 22.1 Å². The Balaban J connectivity index is 1.58. The molecule has 0 radical (unpaired) electrons. The van der Waals surface area contributed by atoms with Crippen LogP contribution in [0.25, 0.3) is 22.3 Å². The summed E-state index contributed by atoms with van der Waals surface area (Å²) in [6.45, 7) is 0.135. The van der Waals surface area contributed by atoms with E-state index in [4.69, 9.17) is 9.05 Å². The third-order valence-electron chi connectivity index (χ3n) is 6.31. The quantitative estimate of drug-likeness (QED) is 0.232. The molecule has 0 aliphatic carbocycles. The van der Waals surface area contributed by atoms with Crippen molar-refractivity contribution in [1.82, 2.24) is 9.53 Å². The van der Waals surface area contributed by atoms with Crippen molar-refractivity contribution in [1.29, 1.82) is 0 Å². The fraction of sp³-hybridized carbons (Fsp3) is 0.0769. The van der Waals surface area contributed by atoms with Gasteiger partial charge in [-0.2, -0.15) is 0 Å². The highest BCUT2D eigenvalue weighted by molar-refractivity contribution is 7.80. The van der Waals surface area contributed by atoms with Gasteiger partial charge in [0.05, 0.1) is 10.6 Å². The standard InChI is InChI=1S/C26H21N2O5P3/c29-34-27-17-18-28(35(30)25-15-7-3-11-21(25)19-9-1-5-13-23(19)32-35)36(31)26-16-8-4-12-22(26)20-10-2-6-14-24(20)33-36/h1-16H,17-18H2,(H,27,29). The summed E-state index contributed by atoms with van der Waals surface area (Å²) in [6, 6.07) is 29.3. The predicted octanol–water partition coefficient (Wildman–Crippen LogP) is 6.24. The van der Waals surface area contributed by atoms with E-state index in [1.807, 2.05) is 60.7 Å². The molecule has 0 saturated heterocycles. The van der Waals surface area contributed by atoms with Crippen LogP contribution in [0.15, 0.2) is 97.1 Å². The number of rotatable bonds is 6. The van der Waals surface area contributed by atoms with Crippen LogP contribution in [-0.2, 0) is 13.7 Å². The molecule has 1 N–H and O–H groups in total. The molecule has 0 spiro atoms. The second-order valence-corrected chi connectivity index (χ2v) is 13.5. The first kappa shape index (κ1) is 23.4. The molecule has 2 aliphatic rings. The van der Waals surface area contributed by atoms with Crippen molar-refractivity contribution in [3.05, 3.63) is 97.1 Å². The van der Waals surface area contributed by atoms with Crippen molar-refractivity contribution in [2.45, 2.75) is 0 Å². The topological polar surface area (TPSA) is 84.9 Å². The Labute approximate surface area is 210 Å². The average molecular weight is 534 g/mol. The molecule has 10 heteroatoms. The Morgan fingerprint density at radius 1 is 0.639 bits per heavy atom. The monoisotopic (exact) mass is 534 g/mol. The molecule has 7 nitrogen and oxygen atoms in total. The maximum Gasteiger partial charge on any atom is 0.358 e. The third kappa shape index (κ3) is 3.59. The lowest BCUT2D eigenvalue weighted by Gasteiger charge is -2.41. The number of fused-ring (bicyclic) bond motifs is 6.